The molecule has 2 N–H and O–H groups in total. The molecule has 1 aromatic rings. The maximum Gasteiger partial charge on any atom is 0.231 e. The molecule has 2 aliphatic rings. The smallest absolute Gasteiger partial charge is 0.231 e. The van der Waals surface area contributed by atoms with Crippen LogP contribution in [0.4, 0.5) is 0 Å². The Morgan fingerprint density at radius 2 is 2.05 bits per heavy atom. The molecule has 2 aliphatic heterocycles. The summed E-state index contributed by atoms with van der Waals surface area (Å²) in [5, 5.41) is 5.04. The summed E-state index contributed by atoms with van der Waals surface area (Å²) < 4.78 is 32.8. The summed E-state index contributed by atoms with van der Waals surface area (Å²) in [4.78, 5) is 13.6. The van der Waals surface area contributed by atoms with Gasteiger partial charge in [-0.25, -0.2) is 13.6 Å². The maximum absolute atomic E-state index is 11.9. The molecule has 1 amide bonds. The van der Waals surface area contributed by atoms with Crippen molar-refractivity contribution in [3.63, 3.8) is 0 Å². The molecule has 0 radical (unpaired) electrons. The molecule has 0 saturated carbocycles. The van der Waals surface area contributed by atoms with Crippen molar-refractivity contribution in [3.05, 3.63) is 23.8 Å². The molecule has 3 rings (SSSR count). The Balaban J connectivity index is 1.56. The van der Waals surface area contributed by atoms with Gasteiger partial charge in [-0.05, 0) is 24.1 Å². The van der Waals surface area contributed by atoms with E-state index in [-0.39, 0.29) is 30.8 Å². The molecule has 1 fully saturated rings. The minimum absolute atomic E-state index is 0.0191. The number of rotatable bonds is 5. The molecule has 1 aromatic carbocycles. The maximum atomic E-state index is 11.9. The first-order valence-corrected chi connectivity index (χ1v) is 8.79. The van der Waals surface area contributed by atoms with Gasteiger partial charge in [-0.3, -0.25) is 4.79 Å². The van der Waals surface area contributed by atoms with Crippen LogP contribution >= 0.6 is 0 Å². The van der Waals surface area contributed by atoms with Gasteiger partial charge >= 0.3 is 0 Å². The zero-order valence-corrected chi connectivity index (χ0v) is 12.8. The lowest BCUT2D eigenvalue weighted by Crippen LogP contribution is -2.29. The van der Waals surface area contributed by atoms with Crippen LogP contribution < -0.4 is 14.6 Å². The van der Waals surface area contributed by atoms with Crippen molar-refractivity contribution in [3.8, 4) is 11.5 Å². The molecule has 0 bridgehead atoms. The molecule has 1 atom stereocenters. The number of carbonyl (C=O) groups is 1. The number of hydrogen-bond acceptors (Lipinski definition) is 5. The van der Waals surface area contributed by atoms with E-state index < -0.39 is 10.0 Å². The first-order valence-electron chi connectivity index (χ1n) is 7.07. The first-order chi connectivity index (χ1) is 10.4. The number of ether oxygens (including phenoxy) is 2. The molecule has 0 spiro atoms. The summed E-state index contributed by atoms with van der Waals surface area (Å²) in [6.45, 7) is 1.23. The van der Waals surface area contributed by atoms with Crippen molar-refractivity contribution in [1.29, 1.82) is 0 Å². The highest BCUT2D eigenvalue weighted by Crippen LogP contribution is 2.32. The number of nitrogens with zero attached hydrogens (tertiary/aromatic N) is 1. The summed E-state index contributed by atoms with van der Waals surface area (Å²) >= 11 is 0. The predicted molar refractivity (Wildman–Crippen MR) is 78.9 cm³/mol. The second-order valence-electron chi connectivity index (χ2n) is 5.68. The van der Waals surface area contributed by atoms with Gasteiger partial charge in [0.25, 0.3) is 0 Å². The third-order valence-corrected chi connectivity index (χ3v) is 4.81. The van der Waals surface area contributed by atoms with Crippen LogP contribution in [0, 0.1) is 5.92 Å². The van der Waals surface area contributed by atoms with Crippen molar-refractivity contribution < 1.29 is 22.7 Å². The second kappa shape index (κ2) is 5.77. The van der Waals surface area contributed by atoms with Crippen molar-refractivity contribution in [1.82, 2.24) is 4.90 Å². The number of fused-ring (bicyclic) bond motifs is 1. The van der Waals surface area contributed by atoms with Crippen LogP contribution in [-0.4, -0.2) is 44.9 Å². The monoisotopic (exact) mass is 326 g/mol. The van der Waals surface area contributed by atoms with Crippen LogP contribution in [0.1, 0.15) is 12.0 Å². The van der Waals surface area contributed by atoms with Crippen molar-refractivity contribution in [2.45, 2.75) is 12.8 Å². The molecule has 0 aliphatic carbocycles. The lowest BCUT2D eigenvalue weighted by Gasteiger charge is -2.16. The number of nitrogens with two attached hydrogens (primary N) is 1. The second-order valence-corrected chi connectivity index (χ2v) is 7.34. The van der Waals surface area contributed by atoms with E-state index in [1.165, 1.54) is 0 Å². The molecule has 120 valence electrons. The fourth-order valence-electron chi connectivity index (χ4n) is 2.87. The molecule has 7 nitrogen and oxygen atoms in total. The summed E-state index contributed by atoms with van der Waals surface area (Å²) in [6, 6.07) is 5.70. The summed E-state index contributed by atoms with van der Waals surface area (Å²) in [5.74, 6) is 1.08. The summed E-state index contributed by atoms with van der Waals surface area (Å²) in [5.41, 5.74) is 1.05. The number of benzene rings is 1. The Morgan fingerprint density at radius 3 is 2.82 bits per heavy atom. The number of amides is 1. The Kier molecular flexibility index (Phi) is 3.96. The number of primary sulfonamides is 1. The minimum atomic E-state index is -3.54. The highest BCUT2D eigenvalue weighted by atomic mass is 32.2. The van der Waals surface area contributed by atoms with E-state index in [9.17, 15) is 13.2 Å². The van der Waals surface area contributed by atoms with E-state index in [4.69, 9.17) is 14.6 Å². The van der Waals surface area contributed by atoms with Gasteiger partial charge < -0.3 is 14.4 Å². The van der Waals surface area contributed by atoms with E-state index >= 15 is 0 Å². The Morgan fingerprint density at radius 1 is 1.27 bits per heavy atom. The molecule has 22 heavy (non-hydrogen) atoms. The molecule has 8 heteroatoms. The average molecular weight is 326 g/mol. The summed E-state index contributed by atoms with van der Waals surface area (Å²) in [7, 11) is -3.54. The van der Waals surface area contributed by atoms with Crippen LogP contribution in [0.5, 0.6) is 11.5 Å². The van der Waals surface area contributed by atoms with Crippen LogP contribution in [-0.2, 0) is 21.2 Å². The predicted octanol–water partition coefficient (Wildman–Crippen LogP) is 0.0948. The van der Waals surface area contributed by atoms with E-state index in [0.717, 1.165) is 17.1 Å². The van der Waals surface area contributed by atoms with Gasteiger partial charge in [0.05, 0.1) is 5.75 Å². The van der Waals surface area contributed by atoms with E-state index in [2.05, 4.69) is 0 Å². The van der Waals surface area contributed by atoms with Gasteiger partial charge in [-0.15, -0.1) is 0 Å². The summed E-state index contributed by atoms with van der Waals surface area (Å²) in [6.07, 6.45) is 0.933. The SMILES string of the molecule is NS(=O)(=O)CC1CC(=O)N(CCc2ccc3c(c2)OCO3)C1. The fourth-order valence-corrected chi connectivity index (χ4v) is 3.75. The molecule has 2 heterocycles. The molecule has 0 aromatic heterocycles. The van der Waals surface area contributed by atoms with Gasteiger partial charge in [0.2, 0.25) is 22.7 Å². The normalized spacial score (nSPS) is 20.7. The quantitative estimate of drug-likeness (QED) is 0.827. The topological polar surface area (TPSA) is 98.9 Å². The largest absolute Gasteiger partial charge is 0.454 e. The highest BCUT2D eigenvalue weighted by molar-refractivity contribution is 7.89. The van der Waals surface area contributed by atoms with Crippen LogP contribution in [0.3, 0.4) is 0 Å². The van der Waals surface area contributed by atoms with E-state index in [0.29, 0.717) is 19.5 Å². The first kappa shape index (κ1) is 15.1. The zero-order chi connectivity index (χ0) is 15.7. The third kappa shape index (κ3) is 3.50. The lowest BCUT2D eigenvalue weighted by atomic mass is 10.1. The number of hydrogen-bond donors (Lipinski definition) is 1. The minimum Gasteiger partial charge on any atom is -0.454 e. The van der Waals surface area contributed by atoms with Crippen molar-refractivity contribution >= 4 is 15.9 Å². The van der Waals surface area contributed by atoms with Gasteiger partial charge in [0, 0.05) is 25.4 Å². The fraction of sp³-hybridized carbons (Fsp3) is 0.500. The van der Waals surface area contributed by atoms with Crippen LogP contribution in [0.2, 0.25) is 0 Å². The van der Waals surface area contributed by atoms with Crippen LogP contribution in [0.25, 0.3) is 0 Å². The number of carbonyl (C=O) groups excluding carboxylic acids is 1. The van der Waals surface area contributed by atoms with Gasteiger partial charge in [0.15, 0.2) is 11.5 Å². The van der Waals surface area contributed by atoms with Gasteiger partial charge in [0.1, 0.15) is 0 Å². The Bertz CT molecular complexity index is 688. The van der Waals surface area contributed by atoms with Gasteiger partial charge in [-0.1, -0.05) is 6.07 Å². The lowest BCUT2D eigenvalue weighted by molar-refractivity contribution is -0.127. The zero-order valence-electron chi connectivity index (χ0n) is 12.0. The molecule has 1 saturated heterocycles. The third-order valence-electron chi connectivity index (χ3n) is 3.87. The molecular formula is C14H18N2O5S. The average Bonchev–Trinajstić information content (AvgIpc) is 3.00. The van der Waals surface area contributed by atoms with Crippen LogP contribution in [0.15, 0.2) is 18.2 Å². The highest BCUT2D eigenvalue weighted by Gasteiger charge is 2.31. The Hall–Kier alpha value is -1.80. The number of likely N-dealkylation sites (tertiary alicyclic amines) is 1. The molecule has 1 unspecified atom stereocenters. The Labute approximate surface area is 129 Å². The standard InChI is InChI=1S/C14H18N2O5S/c15-22(18,19)8-11-6-14(17)16(7-11)4-3-10-1-2-12-13(5-10)21-9-20-12/h1-2,5,11H,3-4,6-9H2,(H2,15,18,19). The van der Waals surface area contributed by atoms with E-state index in [1.54, 1.807) is 4.90 Å². The van der Waals surface area contributed by atoms with Crippen molar-refractivity contribution in [2.75, 3.05) is 25.6 Å². The molecular weight excluding hydrogens is 308 g/mol. The number of sulfonamides is 1. The van der Waals surface area contributed by atoms with Crippen molar-refractivity contribution in [2.24, 2.45) is 11.1 Å². The van der Waals surface area contributed by atoms with Gasteiger partial charge in [-0.2, -0.15) is 0 Å². The van der Waals surface area contributed by atoms with E-state index in [1.807, 2.05) is 18.2 Å².